The molecule has 0 radical (unpaired) electrons. The summed E-state index contributed by atoms with van der Waals surface area (Å²) in [4.78, 5) is 22.7. The molecule has 1 aromatic rings. The van der Waals surface area contributed by atoms with Crippen molar-refractivity contribution in [3.05, 3.63) is 24.3 Å². The molecule has 21 heavy (non-hydrogen) atoms. The monoisotopic (exact) mass is 291 g/mol. The largest absolute Gasteiger partial charge is 0.394 e. The van der Waals surface area contributed by atoms with Crippen molar-refractivity contribution in [2.75, 3.05) is 13.2 Å². The minimum Gasteiger partial charge on any atom is -0.394 e. The average molecular weight is 291 g/mol. The van der Waals surface area contributed by atoms with Crippen molar-refractivity contribution in [2.24, 2.45) is 5.92 Å². The van der Waals surface area contributed by atoms with E-state index in [1.54, 1.807) is 18.6 Å². The molecule has 1 fully saturated rings. The van der Waals surface area contributed by atoms with E-state index in [2.05, 4.69) is 23.8 Å². The van der Waals surface area contributed by atoms with Gasteiger partial charge < -0.3 is 10.0 Å². The summed E-state index contributed by atoms with van der Waals surface area (Å²) in [5, 5.41) is 9.85. The molecule has 0 bridgehead atoms. The lowest BCUT2D eigenvalue weighted by Gasteiger charge is -2.38. The Bertz CT molecular complexity index is 464. The number of hydrogen-bond acceptors (Lipinski definition) is 4. The van der Waals surface area contributed by atoms with Gasteiger partial charge in [0, 0.05) is 31.6 Å². The smallest absolute Gasteiger partial charge is 0.223 e. The van der Waals surface area contributed by atoms with Crippen LogP contribution < -0.4 is 0 Å². The Labute approximate surface area is 126 Å². The number of aliphatic hydroxyl groups excluding tert-OH is 1. The zero-order valence-corrected chi connectivity index (χ0v) is 13.0. The fourth-order valence-electron chi connectivity index (χ4n) is 3.36. The first kappa shape index (κ1) is 15.9. The molecule has 1 atom stereocenters. The highest BCUT2D eigenvalue weighted by Gasteiger charge is 2.42. The Hall–Kier alpha value is -1.49. The molecule has 0 saturated carbocycles. The van der Waals surface area contributed by atoms with E-state index in [1.807, 2.05) is 4.90 Å². The van der Waals surface area contributed by atoms with Crippen LogP contribution >= 0.6 is 0 Å². The van der Waals surface area contributed by atoms with Crippen LogP contribution in [0.25, 0.3) is 0 Å². The molecule has 5 heteroatoms. The van der Waals surface area contributed by atoms with E-state index in [1.165, 1.54) is 0 Å². The third-order valence-corrected chi connectivity index (χ3v) is 4.19. The number of hydrogen-bond donors (Lipinski definition) is 1. The van der Waals surface area contributed by atoms with E-state index < -0.39 is 0 Å². The average Bonchev–Trinajstić information content (AvgIpc) is 2.89. The number of carbonyl (C=O) groups is 1. The molecule has 5 nitrogen and oxygen atoms in total. The second kappa shape index (κ2) is 6.98. The van der Waals surface area contributed by atoms with E-state index in [9.17, 15) is 9.90 Å². The van der Waals surface area contributed by atoms with Gasteiger partial charge in [-0.25, -0.2) is 0 Å². The maximum atomic E-state index is 12.5. The van der Waals surface area contributed by atoms with Crippen LogP contribution in [0.4, 0.5) is 0 Å². The highest BCUT2D eigenvalue weighted by atomic mass is 16.3. The Kier molecular flexibility index (Phi) is 5.28. The van der Waals surface area contributed by atoms with Gasteiger partial charge in [0.25, 0.3) is 0 Å². The molecule has 1 aromatic heterocycles. The minimum atomic E-state index is -0.354. The minimum absolute atomic E-state index is 0.0576. The van der Waals surface area contributed by atoms with Crippen LogP contribution in [0.5, 0.6) is 0 Å². The molecule has 1 N–H and O–H groups in total. The lowest BCUT2D eigenvalue weighted by molar-refractivity contribution is -0.137. The quantitative estimate of drug-likeness (QED) is 0.868. The first-order chi connectivity index (χ1) is 10.1. The molecule has 0 spiro atoms. The maximum Gasteiger partial charge on any atom is 0.223 e. The van der Waals surface area contributed by atoms with Gasteiger partial charge in [0.05, 0.1) is 17.8 Å². The number of aliphatic hydroxyl groups is 1. The zero-order chi connectivity index (χ0) is 15.3. The first-order valence-electron chi connectivity index (χ1n) is 7.73. The first-order valence-corrected chi connectivity index (χ1v) is 7.73. The third-order valence-electron chi connectivity index (χ3n) is 4.19. The number of amides is 1. The van der Waals surface area contributed by atoms with Crippen molar-refractivity contribution >= 4 is 5.91 Å². The van der Waals surface area contributed by atoms with Crippen molar-refractivity contribution in [1.82, 2.24) is 14.9 Å². The number of aryl methyl sites for hydroxylation is 1. The molecule has 1 saturated heterocycles. The van der Waals surface area contributed by atoms with Gasteiger partial charge in [-0.3, -0.25) is 14.8 Å². The zero-order valence-electron chi connectivity index (χ0n) is 13.0. The molecule has 1 unspecified atom stereocenters. The number of aromatic nitrogens is 2. The number of rotatable bonds is 6. The molecule has 1 amide bonds. The van der Waals surface area contributed by atoms with Crippen LogP contribution in [0, 0.1) is 5.92 Å². The third kappa shape index (κ3) is 3.79. The van der Waals surface area contributed by atoms with E-state index in [-0.39, 0.29) is 18.1 Å². The van der Waals surface area contributed by atoms with Gasteiger partial charge in [0.2, 0.25) is 5.91 Å². The number of likely N-dealkylation sites (tertiary alicyclic amines) is 1. The molecular formula is C16H25N3O2. The van der Waals surface area contributed by atoms with Crippen molar-refractivity contribution in [3.8, 4) is 0 Å². The van der Waals surface area contributed by atoms with Crippen LogP contribution in [0.2, 0.25) is 0 Å². The van der Waals surface area contributed by atoms with Crippen LogP contribution in [-0.4, -0.2) is 44.6 Å². The maximum absolute atomic E-state index is 12.5. The Morgan fingerprint density at radius 3 is 2.90 bits per heavy atom. The van der Waals surface area contributed by atoms with E-state index in [0.29, 0.717) is 18.8 Å². The normalized spacial score (nSPS) is 22.0. The second-order valence-corrected chi connectivity index (χ2v) is 6.33. The van der Waals surface area contributed by atoms with Crippen molar-refractivity contribution in [2.45, 2.75) is 51.5 Å². The number of nitrogens with zero attached hydrogens (tertiary/aromatic N) is 3. The summed E-state index contributed by atoms with van der Waals surface area (Å²) in [5.41, 5.74) is 0.483. The SMILES string of the molecule is CC(C)CC1(CO)CCCN1C(=O)CCc1cnccn1. The Morgan fingerprint density at radius 2 is 2.29 bits per heavy atom. The predicted octanol–water partition coefficient (Wildman–Crippen LogP) is 1.81. The van der Waals surface area contributed by atoms with Gasteiger partial charge >= 0.3 is 0 Å². The van der Waals surface area contributed by atoms with Gasteiger partial charge in [-0.05, 0) is 31.6 Å². The molecule has 2 heterocycles. The summed E-state index contributed by atoms with van der Waals surface area (Å²) in [6.45, 7) is 5.09. The van der Waals surface area contributed by atoms with Gasteiger partial charge in [-0.1, -0.05) is 13.8 Å². The standard InChI is InChI=1S/C16H25N3O2/c1-13(2)10-16(12-20)6-3-9-19(16)15(21)5-4-14-11-17-7-8-18-14/h7-8,11,13,20H,3-6,9-10,12H2,1-2H3. The highest BCUT2D eigenvalue weighted by molar-refractivity contribution is 5.77. The Balaban J connectivity index is 2.00. The van der Waals surface area contributed by atoms with Crippen molar-refractivity contribution < 1.29 is 9.90 Å². The highest BCUT2D eigenvalue weighted by Crippen LogP contribution is 2.35. The van der Waals surface area contributed by atoms with Crippen molar-refractivity contribution in [3.63, 3.8) is 0 Å². The van der Waals surface area contributed by atoms with Gasteiger partial charge in [0.15, 0.2) is 0 Å². The summed E-state index contributed by atoms with van der Waals surface area (Å²) in [6.07, 6.45) is 8.75. The lowest BCUT2D eigenvalue weighted by Crippen LogP contribution is -2.50. The van der Waals surface area contributed by atoms with Crippen LogP contribution in [0.1, 0.15) is 45.2 Å². The summed E-state index contributed by atoms with van der Waals surface area (Å²) >= 11 is 0. The summed E-state index contributed by atoms with van der Waals surface area (Å²) < 4.78 is 0. The summed E-state index contributed by atoms with van der Waals surface area (Å²) in [7, 11) is 0. The second-order valence-electron chi connectivity index (χ2n) is 6.33. The Morgan fingerprint density at radius 1 is 1.48 bits per heavy atom. The van der Waals surface area contributed by atoms with E-state index in [0.717, 1.165) is 31.5 Å². The fraction of sp³-hybridized carbons (Fsp3) is 0.688. The topological polar surface area (TPSA) is 66.3 Å². The summed E-state index contributed by atoms with van der Waals surface area (Å²) in [6, 6.07) is 0. The fourth-order valence-corrected chi connectivity index (χ4v) is 3.36. The molecule has 1 aliphatic heterocycles. The van der Waals surface area contributed by atoms with Crippen molar-refractivity contribution in [1.29, 1.82) is 0 Å². The number of carbonyl (C=O) groups excluding carboxylic acids is 1. The molecule has 2 rings (SSSR count). The van der Waals surface area contributed by atoms with Crippen LogP contribution in [0.3, 0.4) is 0 Å². The van der Waals surface area contributed by atoms with Gasteiger partial charge in [0.1, 0.15) is 0 Å². The molecule has 116 valence electrons. The molecule has 1 aliphatic rings. The lowest BCUT2D eigenvalue weighted by atomic mass is 9.87. The van der Waals surface area contributed by atoms with Gasteiger partial charge in [-0.2, -0.15) is 0 Å². The van der Waals surface area contributed by atoms with Crippen LogP contribution in [-0.2, 0) is 11.2 Å². The molecule has 0 aromatic carbocycles. The summed E-state index contributed by atoms with van der Waals surface area (Å²) in [5.74, 6) is 0.582. The van der Waals surface area contributed by atoms with E-state index >= 15 is 0 Å². The van der Waals surface area contributed by atoms with Gasteiger partial charge in [-0.15, -0.1) is 0 Å². The molecule has 0 aliphatic carbocycles. The molecular weight excluding hydrogens is 266 g/mol. The predicted molar refractivity (Wildman–Crippen MR) is 80.6 cm³/mol. The van der Waals surface area contributed by atoms with Crippen LogP contribution in [0.15, 0.2) is 18.6 Å². The van der Waals surface area contributed by atoms with E-state index in [4.69, 9.17) is 0 Å².